The molecule has 1 fully saturated rings. The standard InChI is InChI=1S/C26H26N2O4/c1-19(20-11-13-22(14-12-20)32-21-7-3-2-4-8-21)27-15-17-28(18-16-27)25(29)23-9-5-6-10-24(23)26(30)31/h2-14,19H,15-18H2,1H3,(H,30,31). The fourth-order valence-corrected chi connectivity index (χ4v) is 3.99. The second-order valence-electron chi connectivity index (χ2n) is 7.84. The fraction of sp³-hybridized carbons (Fsp3) is 0.231. The highest BCUT2D eigenvalue weighted by molar-refractivity contribution is 6.04. The maximum absolute atomic E-state index is 12.9. The zero-order valence-electron chi connectivity index (χ0n) is 18.0. The van der Waals surface area contributed by atoms with Gasteiger partial charge in [-0.15, -0.1) is 0 Å². The molecule has 1 N–H and O–H groups in total. The predicted molar refractivity (Wildman–Crippen MR) is 122 cm³/mol. The quantitative estimate of drug-likeness (QED) is 0.614. The van der Waals surface area contributed by atoms with Gasteiger partial charge >= 0.3 is 5.97 Å². The van der Waals surface area contributed by atoms with Crippen LogP contribution < -0.4 is 4.74 Å². The second-order valence-corrected chi connectivity index (χ2v) is 7.84. The molecule has 1 aliphatic heterocycles. The Morgan fingerprint density at radius 2 is 1.34 bits per heavy atom. The van der Waals surface area contributed by atoms with Crippen LogP contribution >= 0.6 is 0 Å². The predicted octanol–water partition coefficient (Wildman–Crippen LogP) is 4.70. The van der Waals surface area contributed by atoms with Gasteiger partial charge in [-0.05, 0) is 48.9 Å². The van der Waals surface area contributed by atoms with Crippen molar-refractivity contribution >= 4 is 11.9 Å². The van der Waals surface area contributed by atoms with E-state index in [1.165, 1.54) is 11.6 Å². The molecular weight excluding hydrogens is 404 g/mol. The Labute approximate surface area is 187 Å². The zero-order chi connectivity index (χ0) is 22.5. The van der Waals surface area contributed by atoms with Crippen LogP contribution in [0.3, 0.4) is 0 Å². The van der Waals surface area contributed by atoms with Crippen LogP contribution in [0, 0.1) is 0 Å². The molecule has 1 amide bonds. The molecular formula is C26H26N2O4. The Morgan fingerprint density at radius 1 is 0.781 bits per heavy atom. The van der Waals surface area contributed by atoms with Crippen LogP contribution in [0.15, 0.2) is 78.9 Å². The lowest BCUT2D eigenvalue weighted by atomic mass is 10.0. The summed E-state index contributed by atoms with van der Waals surface area (Å²) < 4.78 is 5.87. The lowest BCUT2D eigenvalue weighted by molar-refractivity contribution is 0.0569. The van der Waals surface area contributed by atoms with E-state index in [0.717, 1.165) is 24.6 Å². The molecule has 0 radical (unpaired) electrons. The van der Waals surface area contributed by atoms with Crippen molar-refractivity contribution in [3.63, 3.8) is 0 Å². The van der Waals surface area contributed by atoms with E-state index in [1.54, 1.807) is 23.1 Å². The molecule has 0 aliphatic carbocycles. The van der Waals surface area contributed by atoms with E-state index < -0.39 is 5.97 Å². The Bertz CT molecular complexity index is 1070. The molecule has 1 saturated heterocycles. The Balaban J connectivity index is 1.36. The normalized spacial score (nSPS) is 15.2. The van der Waals surface area contributed by atoms with Gasteiger partial charge in [0, 0.05) is 32.2 Å². The summed E-state index contributed by atoms with van der Waals surface area (Å²) in [7, 11) is 0. The summed E-state index contributed by atoms with van der Waals surface area (Å²) in [6.07, 6.45) is 0. The van der Waals surface area contributed by atoms with E-state index in [1.807, 2.05) is 42.5 Å². The number of carbonyl (C=O) groups is 2. The first-order chi connectivity index (χ1) is 15.5. The SMILES string of the molecule is CC(c1ccc(Oc2ccccc2)cc1)N1CCN(C(=O)c2ccccc2C(=O)O)CC1. The smallest absolute Gasteiger partial charge is 0.336 e. The van der Waals surface area contributed by atoms with Gasteiger partial charge in [0.15, 0.2) is 0 Å². The lowest BCUT2D eigenvalue weighted by Crippen LogP contribution is -2.49. The minimum atomic E-state index is -1.08. The summed E-state index contributed by atoms with van der Waals surface area (Å²) in [4.78, 5) is 28.4. The number of piperazine rings is 1. The van der Waals surface area contributed by atoms with Crippen LogP contribution in [0.25, 0.3) is 0 Å². The number of carbonyl (C=O) groups excluding carboxylic acids is 1. The zero-order valence-corrected chi connectivity index (χ0v) is 18.0. The van der Waals surface area contributed by atoms with Crippen molar-refractivity contribution in [1.29, 1.82) is 0 Å². The first kappa shape index (κ1) is 21.6. The summed E-state index contributed by atoms with van der Waals surface area (Å²) in [6.45, 7) is 4.73. The van der Waals surface area contributed by atoms with Gasteiger partial charge in [0.05, 0.1) is 11.1 Å². The summed E-state index contributed by atoms with van der Waals surface area (Å²) >= 11 is 0. The number of hydrogen-bond donors (Lipinski definition) is 1. The second kappa shape index (κ2) is 9.66. The molecule has 0 aromatic heterocycles. The van der Waals surface area contributed by atoms with E-state index >= 15 is 0 Å². The molecule has 4 rings (SSSR count). The Kier molecular flexibility index (Phi) is 6.52. The fourth-order valence-electron chi connectivity index (χ4n) is 3.99. The topological polar surface area (TPSA) is 70.1 Å². The van der Waals surface area contributed by atoms with Crippen molar-refractivity contribution in [3.05, 3.63) is 95.6 Å². The number of nitrogens with zero attached hydrogens (tertiary/aromatic N) is 2. The molecule has 1 aliphatic rings. The van der Waals surface area contributed by atoms with Crippen molar-refractivity contribution in [1.82, 2.24) is 9.80 Å². The molecule has 164 valence electrons. The molecule has 1 atom stereocenters. The summed E-state index contributed by atoms with van der Waals surface area (Å²) in [5, 5.41) is 9.37. The number of para-hydroxylation sites is 1. The van der Waals surface area contributed by atoms with Gasteiger partial charge in [-0.3, -0.25) is 9.69 Å². The van der Waals surface area contributed by atoms with Gasteiger partial charge in [0.2, 0.25) is 0 Å². The highest BCUT2D eigenvalue weighted by Crippen LogP contribution is 2.26. The maximum Gasteiger partial charge on any atom is 0.336 e. The first-order valence-corrected chi connectivity index (χ1v) is 10.7. The van der Waals surface area contributed by atoms with Crippen molar-refractivity contribution in [2.75, 3.05) is 26.2 Å². The number of rotatable bonds is 6. The van der Waals surface area contributed by atoms with Gasteiger partial charge < -0.3 is 14.7 Å². The van der Waals surface area contributed by atoms with Crippen molar-refractivity contribution in [2.24, 2.45) is 0 Å². The number of carboxylic acid groups (broad SMARTS) is 1. The molecule has 1 heterocycles. The minimum absolute atomic E-state index is 0.0473. The average Bonchev–Trinajstić information content (AvgIpc) is 2.84. The summed E-state index contributed by atoms with van der Waals surface area (Å²) in [6, 6.07) is 24.4. The Hall–Kier alpha value is -3.64. The molecule has 0 bridgehead atoms. The summed E-state index contributed by atoms with van der Waals surface area (Å²) in [5.74, 6) is 0.289. The molecule has 0 spiro atoms. The molecule has 6 nitrogen and oxygen atoms in total. The van der Waals surface area contributed by atoms with Crippen LogP contribution in [0.2, 0.25) is 0 Å². The first-order valence-electron chi connectivity index (χ1n) is 10.7. The van der Waals surface area contributed by atoms with Gasteiger partial charge in [0.1, 0.15) is 11.5 Å². The number of aromatic carboxylic acids is 1. The van der Waals surface area contributed by atoms with Crippen molar-refractivity contribution in [3.8, 4) is 11.5 Å². The van der Waals surface area contributed by atoms with Gasteiger partial charge in [0.25, 0.3) is 5.91 Å². The molecule has 3 aromatic rings. The van der Waals surface area contributed by atoms with E-state index in [0.29, 0.717) is 13.1 Å². The lowest BCUT2D eigenvalue weighted by Gasteiger charge is -2.38. The average molecular weight is 431 g/mol. The molecule has 3 aromatic carbocycles. The van der Waals surface area contributed by atoms with Gasteiger partial charge in [-0.2, -0.15) is 0 Å². The minimum Gasteiger partial charge on any atom is -0.478 e. The molecule has 0 saturated carbocycles. The summed E-state index contributed by atoms with van der Waals surface area (Å²) in [5.41, 5.74) is 1.48. The Morgan fingerprint density at radius 3 is 1.97 bits per heavy atom. The van der Waals surface area contributed by atoms with Gasteiger partial charge in [-0.1, -0.05) is 42.5 Å². The number of carboxylic acids is 1. The van der Waals surface area contributed by atoms with E-state index in [9.17, 15) is 14.7 Å². The number of amides is 1. The van der Waals surface area contributed by atoms with E-state index in [2.05, 4.69) is 24.0 Å². The number of ether oxygens (including phenoxy) is 1. The third kappa shape index (κ3) is 4.81. The number of benzene rings is 3. The monoisotopic (exact) mass is 430 g/mol. The van der Waals surface area contributed by atoms with Crippen LogP contribution in [0.4, 0.5) is 0 Å². The van der Waals surface area contributed by atoms with E-state index in [-0.39, 0.29) is 23.1 Å². The molecule has 1 unspecified atom stereocenters. The van der Waals surface area contributed by atoms with Crippen LogP contribution in [0.5, 0.6) is 11.5 Å². The third-order valence-corrected chi connectivity index (χ3v) is 5.88. The highest BCUT2D eigenvalue weighted by atomic mass is 16.5. The van der Waals surface area contributed by atoms with Crippen molar-refractivity contribution in [2.45, 2.75) is 13.0 Å². The van der Waals surface area contributed by atoms with Gasteiger partial charge in [-0.25, -0.2) is 4.79 Å². The molecule has 32 heavy (non-hydrogen) atoms. The van der Waals surface area contributed by atoms with Crippen LogP contribution in [0.1, 0.15) is 39.2 Å². The largest absolute Gasteiger partial charge is 0.478 e. The van der Waals surface area contributed by atoms with E-state index in [4.69, 9.17) is 4.74 Å². The maximum atomic E-state index is 12.9. The van der Waals surface area contributed by atoms with Crippen molar-refractivity contribution < 1.29 is 19.4 Å². The third-order valence-electron chi connectivity index (χ3n) is 5.88. The molecule has 6 heteroatoms. The number of hydrogen-bond acceptors (Lipinski definition) is 4. The van der Waals surface area contributed by atoms with Crippen LogP contribution in [-0.2, 0) is 0 Å². The van der Waals surface area contributed by atoms with Crippen LogP contribution in [-0.4, -0.2) is 53.0 Å². The highest BCUT2D eigenvalue weighted by Gasteiger charge is 2.27.